The third-order valence-electron chi connectivity index (χ3n) is 5.94. The molecule has 3 aromatic carbocycles. The first-order valence-electron chi connectivity index (χ1n) is 11.9. The molecule has 0 atom stereocenters. The molecule has 4 aromatic rings. The van der Waals surface area contributed by atoms with Crippen molar-refractivity contribution in [3.8, 4) is 5.88 Å². The summed E-state index contributed by atoms with van der Waals surface area (Å²) in [6, 6.07) is 19.9. The van der Waals surface area contributed by atoms with Gasteiger partial charge in [0, 0.05) is 29.1 Å². The summed E-state index contributed by atoms with van der Waals surface area (Å²) in [7, 11) is 2.92. The third-order valence-corrected chi connectivity index (χ3v) is 5.94. The molecule has 8 nitrogen and oxygen atoms in total. The Balaban J connectivity index is 1.80. The Kier molecular flexibility index (Phi) is 7.69. The van der Waals surface area contributed by atoms with Crippen molar-refractivity contribution >= 4 is 34.2 Å². The Morgan fingerprint density at radius 1 is 1.03 bits per heavy atom. The summed E-state index contributed by atoms with van der Waals surface area (Å²) in [5.41, 5.74) is 4.66. The van der Waals surface area contributed by atoms with E-state index in [0.717, 1.165) is 17.5 Å². The van der Waals surface area contributed by atoms with Gasteiger partial charge in [0.05, 0.1) is 36.2 Å². The smallest absolute Gasteiger partial charge is 0.337 e. The number of carbonyl (C=O) groups is 2. The highest BCUT2D eigenvalue weighted by Crippen LogP contribution is 2.32. The fraction of sp³-hybridized carbons (Fsp3) is 0.207. The van der Waals surface area contributed by atoms with E-state index in [4.69, 9.17) is 14.6 Å². The van der Waals surface area contributed by atoms with Gasteiger partial charge in [-0.1, -0.05) is 43.3 Å². The third kappa shape index (κ3) is 5.39. The molecule has 1 amide bonds. The van der Waals surface area contributed by atoms with E-state index in [9.17, 15) is 14.7 Å². The molecular formula is C29H29N3O5. The zero-order valence-corrected chi connectivity index (χ0v) is 21.2. The van der Waals surface area contributed by atoms with Crippen molar-refractivity contribution in [1.29, 1.82) is 0 Å². The molecule has 0 aliphatic rings. The number of nitrogens with zero attached hydrogens (tertiary/aromatic N) is 2. The Hall–Kier alpha value is -4.43. The first-order chi connectivity index (χ1) is 17.8. The summed E-state index contributed by atoms with van der Waals surface area (Å²) in [6.45, 7) is 4.28. The summed E-state index contributed by atoms with van der Waals surface area (Å²) >= 11 is 0. The first-order valence-corrected chi connectivity index (χ1v) is 11.9. The molecule has 0 bridgehead atoms. The number of aromatic hydroxyl groups is 1. The highest BCUT2D eigenvalue weighted by atomic mass is 16.7. The van der Waals surface area contributed by atoms with Crippen molar-refractivity contribution in [3.63, 3.8) is 0 Å². The normalized spacial score (nSPS) is 11.5. The van der Waals surface area contributed by atoms with Crippen LogP contribution in [-0.2, 0) is 9.57 Å². The molecule has 190 valence electrons. The second-order valence-corrected chi connectivity index (χ2v) is 8.56. The number of carbonyl (C=O) groups excluding carboxylic acids is 2. The van der Waals surface area contributed by atoms with Crippen LogP contribution in [0.5, 0.6) is 5.88 Å². The molecule has 0 aliphatic heterocycles. The minimum atomic E-state index is -0.467. The lowest BCUT2D eigenvalue weighted by Crippen LogP contribution is -2.27. The minimum absolute atomic E-state index is 0.0714. The van der Waals surface area contributed by atoms with Gasteiger partial charge < -0.3 is 14.8 Å². The summed E-state index contributed by atoms with van der Waals surface area (Å²) in [5, 5.41) is 12.9. The number of methoxy groups -OCH3 is 1. The van der Waals surface area contributed by atoms with Gasteiger partial charge >= 0.3 is 5.97 Å². The lowest BCUT2D eigenvalue weighted by molar-refractivity contribution is -0.105. The van der Waals surface area contributed by atoms with E-state index < -0.39 is 5.97 Å². The Morgan fingerprint density at radius 2 is 1.78 bits per heavy atom. The molecule has 0 saturated carbocycles. The molecule has 0 unspecified atom stereocenters. The zero-order valence-electron chi connectivity index (χ0n) is 21.2. The van der Waals surface area contributed by atoms with Crippen LogP contribution in [0.2, 0.25) is 0 Å². The average Bonchev–Trinajstić information content (AvgIpc) is 3.24. The number of ether oxygens (including phenoxy) is 1. The highest BCUT2D eigenvalue weighted by Gasteiger charge is 2.21. The van der Waals surface area contributed by atoms with Crippen molar-refractivity contribution < 1.29 is 24.3 Å². The number of esters is 1. The van der Waals surface area contributed by atoms with Crippen LogP contribution in [0, 0.1) is 6.92 Å². The maximum absolute atomic E-state index is 12.8. The van der Waals surface area contributed by atoms with Crippen LogP contribution < -0.4 is 0 Å². The van der Waals surface area contributed by atoms with Gasteiger partial charge in [0.25, 0.3) is 5.91 Å². The minimum Gasteiger partial charge on any atom is -0.494 e. The van der Waals surface area contributed by atoms with Gasteiger partial charge in [0.1, 0.15) is 0 Å². The van der Waals surface area contributed by atoms with Gasteiger partial charge in [-0.25, -0.2) is 14.9 Å². The number of hydrogen-bond donors (Lipinski definition) is 2. The molecule has 2 N–H and O–H groups in total. The number of aromatic nitrogens is 1. The molecule has 0 radical (unpaired) electrons. The monoisotopic (exact) mass is 499 g/mol. The summed E-state index contributed by atoms with van der Waals surface area (Å²) in [4.78, 5) is 38.1. The predicted octanol–water partition coefficient (Wildman–Crippen LogP) is 5.55. The number of aryl methyl sites for hydroxylation is 1. The topological polar surface area (TPSA) is 104 Å². The molecule has 0 spiro atoms. The number of aromatic amines is 1. The van der Waals surface area contributed by atoms with E-state index >= 15 is 0 Å². The number of hydrogen-bond acceptors (Lipinski definition) is 6. The molecule has 1 heterocycles. The van der Waals surface area contributed by atoms with Gasteiger partial charge in [-0.05, 0) is 49.2 Å². The molecule has 0 aliphatic carbocycles. The van der Waals surface area contributed by atoms with Crippen molar-refractivity contribution in [2.45, 2.75) is 20.3 Å². The largest absolute Gasteiger partial charge is 0.494 e. The van der Waals surface area contributed by atoms with Crippen LogP contribution >= 0.6 is 0 Å². The second kappa shape index (κ2) is 11.1. The maximum atomic E-state index is 12.8. The number of hydroxylamine groups is 2. The van der Waals surface area contributed by atoms with Gasteiger partial charge in [0.15, 0.2) is 5.88 Å². The fourth-order valence-electron chi connectivity index (χ4n) is 4.07. The number of nitrogens with one attached hydrogen (secondary N) is 1. The van der Waals surface area contributed by atoms with Crippen LogP contribution in [0.4, 0.5) is 5.69 Å². The molecular weight excluding hydrogens is 470 g/mol. The van der Waals surface area contributed by atoms with Crippen LogP contribution in [0.3, 0.4) is 0 Å². The summed E-state index contributed by atoms with van der Waals surface area (Å²) in [6.07, 6.45) is 0.803. The number of rotatable bonds is 8. The summed E-state index contributed by atoms with van der Waals surface area (Å²) < 4.78 is 4.82. The van der Waals surface area contributed by atoms with Gasteiger partial charge in [-0.3, -0.25) is 9.63 Å². The molecule has 1 aromatic heterocycles. The molecule has 8 heteroatoms. The highest BCUT2D eigenvalue weighted by molar-refractivity contribution is 6.22. The maximum Gasteiger partial charge on any atom is 0.337 e. The Bertz CT molecular complexity index is 1470. The molecule has 4 rings (SSSR count). The van der Waals surface area contributed by atoms with Crippen molar-refractivity contribution in [2.75, 3.05) is 20.8 Å². The fourth-order valence-corrected chi connectivity index (χ4v) is 4.07. The Morgan fingerprint density at radius 3 is 2.46 bits per heavy atom. The summed E-state index contributed by atoms with van der Waals surface area (Å²) in [5.74, 6) is -0.774. The predicted molar refractivity (Wildman–Crippen MR) is 143 cm³/mol. The van der Waals surface area contributed by atoms with Gasteiger partial charge in [-0.15, -0.1) is 0 Å². The quantitative estimate of drug-likeness (QED) is 0.188. The van der Waals surface area contributed by atoms with Gasteiger partial charge in [-0.2, -0.15) is 0 Å². The van der Waals surface area contributed by atoms with Gasteiger partial charge in [0.2, 0.25) is 0 Å². The Labute approximate surface area is 215 Å². The lowest BCUT2D eigenvalue weighted by atomic mass is 10.00. The lowest BCUT2D eigenvalue weighted by Gasteiger charge is -2.17. The van der Waals surface area contributed by atoms with E-state index in [2.05, 4.69) is 4.98 Å². The van der Waals surface area contributed by atoms with Crippen LogP contribution in [0.1, 0.15) is 50.8 Å². The number of aliphatic imine (C=N–C) groups is 1. The number of fused-ring (bicyclic) bond motifs is 1. The number of benzene rings is 3. The molecule has 37 heavy (non-hydrogen) atoms. The van der Waals surface area contributed by atoms with Crippen LogP contribution in [0.25, 0.3) is 10.9 Å². The molecule has 0 saturated heterocycles. The average molecular weight is 500 g/mol. The van der Waals surface area contributed by atoms with E-state index in [1.807, 2.05) is 50.2 Å². The SMILES string of the molecule is CCCON(C)C(=O)c1ccc(N=C(c2ccccc2)c2c(O)[nH]c3cc(C(=O)OC)ccc23)cc1C. The van der Waals surface area contributed by atoms with E-state index in [1.165, 1.54) is 12.2 Å². The van der Waals surface area contributed by atoms with Crippen molar-refractivity contribution in [1.82, 2.24) is 10.0 Å². The second-order valence-electron chi connectivity index (χ2n) is 8.56. The standard InChI is InChI=1S/C29H29N3O5/c1-5-15-37-32(3)28(34)22-14-12-21(16-18(22)2)30-26(19-9-7-6-8-10-19)25-23-13-11-20(29(35)36-4)17-24(23)31-27(25)33/h6-14,16-17,31,33H,5,15H2,1-4H3. The van der Waals surface area contributed by atoms with Crippen molar-refractivity contribution in [2.24, 2.45) is 4.99 Å². The zero-order chi connectivity index (χ0) is 26.5. The van der Waals surface area contributed by atoms with Crippen molar-refractivity contribution in [3.05, 3.63) is 94.5 Å². The molecule has 0 fully saturated rings. The number of H-pyrrole nitrogens is 1. The number of amides is 1. The van der Waals surface area contributed by atoms with E-state index in [0.29, 0.717) is 45.6 Å². The van der Waals surface area contributed by atoms with E-state index in [1.54, 1.807) is 37.4 Å². The first kappa shape index (κ1) is 25.7. The van der Waals surface area contributed by atoms with E-state index in [-0.39, 0.29) is 11.8 Å². The van der Waals surface area contributed by atoms with Crippen LogP contribution in [-0.4, -0.2) is 53.5 Å². The van der Waals surface area contributed by atoms with Crippen LogP contribution in [0.15, 0.2) is 71.7 Å².